The minimum Gasteiger partial charge on any atom is -0.378 e. The lowest BCUT2D eigenvalue weighted by molar-refractivity contribution is 0.122. The number of hydrazone groups is 1. The van der Waals surface area contributed by atoms with Crippen molar-refractivity contribution in [2.45, 2.75) is 0 Å². The molecule has 1 aliphatic heterocycles. The topological polar surface area (TPSA) is 75.8 Å². The molecule has 1 aromatic rings. The van der Waals surface area contributed by atoms with Gasteiger partial charge in [-0.05, 0) is 24.4 Å². The second kappa shape index (κ2) is 6.27. The van der Waals surface area contributed by atoms with Crippen LogP contribution in [-0.2, 0) is 4.74 Å². The van der Waals surface area contributed by atoms with E-state index in [1.807, 2.05) is 12.1 Å². The fourth-order valence-electron chi connectivity index (χ4n) is 1.69. The van der Waals surface area contributed by atoms with Crippen LogP contribution in [0.1, 0.15) is 5.69 Å². The number of morpholine rings is 1. The Labute approximate surface area is 111 Å². The van der Waals surface area contributed by atoms with Gasteiger partial charge in [-0.1, -0.05) is 0 Å². The average molecular weight is 265 g/mol. The average Bonchev–Trinajstić information content (AvgIpc) is 2.40. The van der Waals surface area contributed by atoms with Crippen LogP contribution < -0.4 is 16.1 Å². The van der Waals surface area contributed by atoms with Gasteiger partial charge in [-0.3, -0.25) is 10.4 Å². The normalized spacial score (nSPS) is 15.9. The molecule has 0 atom stereocenters. The summed E-state index contributed by atoms with van der Waals surface area (Å²) in [6, 6.07) is 3.94. The molecule has 1 fully saturated rings. The Morgan fingerprint density at radius 1 is 1.56 bits per heavy atom. The van der Waals surface area contributed by atoms with Gasteiger partial charge in [0, 0.05) is 25.0 Å². The first-order chi connectivity index (χ1) is 8.75. The summed E-state index contributed by atoms with van der Waals surface area (Å²) in [5.41, 5.74) is 9.63. The molecule has 2 heterocycles. The summed E-state index contributed by atoms with van der Waals surface area (Å²) >= 11 is 4.65. The first-order valence-corrected chi connectivity index (χ1v) is 6.04. The van der Waals surface area contributed by atoms with Gasteiger partial charge in [0.1, 0.15) is 0 Å². The smallest absolute Gasteiger partial charge is 0.184 e. The van der Waals surface area contributed by atoms with Crippen LogP contribution in [0.5, 0.6) is 0 Å². The Morgan fingerprint density at radius 2 is 2.33 bits per heavy atom. The van der Waals surface area contributed by atoms with E-state index in [-0.39, 0.29) is 5.11 Å². The molecule has 0 spiro atoms. The quantitative estimate of drug-likeness (QED) is 0.458. The Balaban J connectivity index is 2.04. The standard InChI is InChI=1S/C11H15N5OS/c12-11(18)15-14-8-9-7-10(1-2-13-9)16-3-5-17-6-4-16/h1-2,7-8H,3-6H2,(H3,12,15,18). The summed E-state index contributed by atoms with van der Waals surface area (Å²) < 4.78 is 5.32. The maximum absolute atomic E-state index is 5.32. The van der Waals surface area contributed by atoms with Crippen molar-refractivity contribution >= 4 is 29.2 Å². The van der Waals surface area contributed by atoms with Crippen molar-refractivity contribution in [2.24, 2.45) is 10.8 Å². The largest absolute Gasteiger partial charge is 0.378 e. The van der Waals surface area contributed by atoms with Crippen molar-refractivity contribution in [3.63, 3.8) is 0 Å². The molecule has 1 aromatic heterocycles. The highest BCUT2D eigenvalue weighted by Gasteiger charge is 2.11. The maximum atomic E-state index is 5.32. The second-order valence-corrected chi connectivity index (χ2v) is 4.21. The number of hydrogen-bond donors (Lipinski definition) is 2. The van der Waals surface area contributed by atoms with E-state index in [1.165, 1.54) is 0 Å². The molecule has 96 valence electrons. The second-order valence-electron chi connectivity index (χ2n) is 3.77. The number of thiocarbonyl (C=S) groups is 1. The predicted molar refractivity (Wildman–Crippen MR) is 74.8 cm³/mol. The van der Waals surface area contributed by atoms with Crippen molar-refractivity contribution in [1.29, 1.82) is 0 Å². The number of nitrogens with two attached hydrogens (primary N) is 1. The fraction of sp³-hybridized carbons (Fsp3) is 0.364. The summed E-state index contributed by atoms with van der Waals surface area (Å²) in [5.74, 6) is 0. The van der Waals surface area contributed by atoms with Crippen LogP contribution in [0.3, 0.4) is 0 Å². The number of nitrogens with zero attached hydrogens (tertiary/aromatic N) is 3. The number of ether oxygens (including phenoxy) is 1. The monoisotopic (exact) mass is 265 g/mol. The summed E-state index contributed by atoms with van der Waals surface area (Å²) in [7, 11) is 0. The highest BCUT2D eigenvalue weighted by Crippen LogP contribution is 2.15. The third-order valence-corrected chi connectivity index (χ3v) is 2.60. The molecule has 18 heavy (non-hydrogen) atoms. The summed E-state index contributed by atoms with van der Waals surface area (Å²) in [6.07, 6.45) is 3.34. The molecule has 1 aliphatic rings. The summed E-state index contributed by atoms with van der Waals surface area (Å²) in [5, 5.41) is 4.02. The molecular formula is C11H15N5OS. The highest BCUT2D eigenvalue weighted by atomic mass is 32.1. The number of nitrogens with one attached hydrogen (secondary N) is 1. The van der Waals surface area contributed by atoms with Gasteiger partial charge < -0.3 is 15.4 Å². The number of anilines is 1. The molecular weight excluding hydrogens is 250 g/mol. The van der Waals surface area contributed by atoms with Crippen LogP contribution in [0.25, 0.3) is 0 Å². The van der Waals surface area contributed by atoms with Crippen molar-refractivity contribution in [3.8, 4) is 0 Å². The number of hydrogen-bond acceptors (Lipinski definition) is 5. The minimum absolute atomic E-state index is 0.135. The highest BCUT2D eigenvalue weighted by molar-refractivity contribution is 7.80. The van der Waals surface area contributed by atoms with E-state index in [1.54, 1.807) is 12.4 Å². The first kappa shape index (κ1) is 12.7. The van der Waals surface area contributed by atoms with E-state index in [9.17, 15) is 0 Å². The van der Waals surface area contributed by atoms with E-state index in [0.717, 1.165) is 37.7 Å². The molecule has 2 rings (SSSR count). The molecule has 0 radical (unpaired) electrons. The van der Waals surface area contributed by atoms with Gasteiger partial charge in [0.05, 0.1) is 25.1 Å². The van der Waals surface area contributed by atoms with E-state index >= 15 is 0 Å². The van der Waals surface area contributed by atoms with Gasteiger partial charge in [-0.25, -0.2) is 0 Å². The summed E-state index contributed by atoms with van der Waals surface area (Å²) in [6.45, 7) is 3.31. The van der Waals surface area contributed by atoms with Gasteiger partial charge in [0.25, 0.3) is 0 Å². The van der Waals surface area contributed by atoms with Crippen LogP contribution in [0.15, 0.2) is 23.4 Å². The molecule has 0 saturated carbocycles. The van der Waals surface area contributed by atoms with Crippen LogP contribution in [0.2, 0.25) is 0 Å². The van der Waals surface area contributed by atoms with Crippen LogP contribution in [-0.4, -0.2) is 42.6 Å². The molecule has 7 heteroatoms. The van der Waals surface area contributed by atoms with Crippen LogP contribution in [0, 0.1) is 0 Å². The van der Waals surface area contributed by atoms with Gasteiger partial charge in [-0.2, -0.15) is 5.10 Å². The van der Waals surface area contributed by atoms with E-state index in [4.69, 9.17) is 10.5 Å². The molecule has 3 N–H and O–H groups in total. The van der Waals surface area contributed by atoms with Gasteiger partial charge in [-0.15, -0.1) is 0 Å². The third kappa shape index (κ3) is 3.64. The van der Waals surface area contributed by atoms with Crippen molar-refractivity contribution in [1.82, 2.24) is 10.4 Å². The molecule has 0 unspecified atom stereocenters. The molecule has 0 amide bonds. The molecule has 6 nitrogen and oxygen atoms in total. The van der Waals surface area contributed by atoms with Crippen molar-refractivity contribution < 1.29 is 4.74 Å². The Kier molecular flexibility index (Phi) is 4.43. The lowest BCUT2D eigenvalue weighted by Crippen LogP contribution is -2.36. The fourth-order valence-corrected chi connectivity index (χ4v) is 1.74. The predicted octanol–water partition coefficient (Wildman–Crippen LogP) is 0.0853. The van der Waals surface area contributed by atoms with Crippen molar-refractivity contribution in [3.05, 3.63) is 24.0 Å². The van der Waals surface area contributed by atoms with Gasteiger partial charge in [0.15, 0.2) is 5.11 Å². The minimum atomic E-state index is 0.135. The zero-order valence-corrected chi connectivity index (χ0v) is 10.7. The Bertz CT molecular complexity index is 445. The van der Waals surface area contributed by atoms with Crippen LogP contribution in [0.4, 0.5) is 5.69 Å². The SMILES string of the molecule is NC(=S)NN=Cc1cc(N2CCOCC2)ccn1. The lowest BCUT2D eigenvalue weighted by atomic mass is 10.3. The van der Waals surface area contributed by atoms with E-state index < -0.39 is 0 Å². The van der Waals surface area contributed by atoms with Crippen molar-refractivity contribution in [2.75, 3.05) is 31.2 Å². The Hall–Kier alpha value is -1.73. The molecule has 0 aromatic carbocycles. The lowest BCUT2D eigenvalue weighted by Gasteiger charge is -2.28. The molecule has 1 saturated heterocycles. The first-order valence-electron chi connectivity index (χ1n) is 5.63. The molecule has 0 aliphatic carbocycles. The van der Waals surface area contributed by atoms with Gasteiger partial charge >= 0.3 is 0 Å². The Morgan fingerprint density at radius 3 is 3.06 bits per heavy atom. The maximum Gasteiger partial charge on any atom is 0.184 e. The molecule has 0 bridgehead atoms. The van der Waals surface area contributed by atoms with Gasteiger partial charge in [0.2, 0.25) is 0 Å². The van der Waals surface area contributed by atoms with Crippen LogP contribution >= 0.6 is 12.2 Å². The number of aromatic nitrogens is 1. The zero-order valence-electron chi connectivity index (χ0n) is 9.87. The summed E-state index contributed by atoms with van der Waals surface area (Å²) in [4.78, 5) is 6.45. The van der Waals surface area contributed by atoms with E-state index in [2.05, 4.69) is 32.6 Å². The van der Waals surface area contributed by atoms with E-state index in [0.29, 0.717) is 0 Å². The number of rotatable bonds is 3. The third-order valence-electron chi connectivity index (χ3n) is 2.51. The zero-order chi connectivity index (χ0) is 12.8. The number of pyridine rings is 1.